The van der Waals surface area contributed by atoms with Crippen LogP contribution in [0, 0.1) is 5.92 Å². The van der Waals surface area contributed by atoms with Gasteiger partial charge < -0.3 is 15.8 Å². The van der Waals surface area contributed by atoms with Crippen LogP contribution in [0.15, 0.2) is 24.3 Å². The predicted octanol–water partition coefficient (Wildman–Crippen LogP) is 2.35. The minimum absolute atomic E-state index is 0.0780. The largest absolute Gasteiger partial charge is 0.381 e. The van der Waals surface area contributed by atoms with Crippen LogP contribution in [0.25, 0.3) is 0 Å². The Labute approximate surface area is 127 Å². The molecule has 4 nitrogen and oxygen atoms in total. The molecule has 2 rings (SSSR count). The number of carbonyl (C=O) groups excluding carboxylic acids is 1. The van der Waals surface area contributed by atoms with Crippen LogP contribution in [-0.2, 0) is 9.53 Å². The van der Waals surface area contributed by atoms with Gasteiger partial charge in [-0.3, -0.25) is 4.79 Å². The van der Waals surface area contributed by atoms with Crippen molar-refractivity contribution in [1.82, 2.24) is 5.32 Å². The summed E-state index contributed by atoms with van der Waals surface area (Å²) >= 11 is 0. The molecule has 1 aromatic carbocycles. The summed E-state index contributed by atoms with van der Waals surface area (Å²) in [6.45, 7) is 6.19. The van der Waals surface area contributed by atoms with E-state index in [4.69, 9.17) is 10.5 Å². The number of ether oxygens (including phenoxy) is 1. The predicted molar refractivity (Wildman–Crippen MR) is 84.0 cm³/mol. The lowest BCUT2D eigenvalue weighted by atomic mass is 9.98. The zero-order chi connectivity index (χ0) is 15.2. The van der Waals surface area contributed by atoms with E-state index >= 15 is 0 Å². The van der Waals surface area contributed by atoms with Crippen molar-refractivity contribution in [3.05, 3.63) is 35.4 Å². The number of benzene rings is 1. The fraction of sp³-hybridized carbons (Fsp3) is 0.588. The maximum absolute atomic E-state index is 12.1. The number of hydrogen-bond acceptors (Lipinski definition) is 3. The molecule has 0 aliphatic carbocycles. The Bertz CT molecular complexity index is 450. The van der Waals surface area contributed by atoms with E-state index in [9.17, 15) is 4.79 Å². The van der Waals surface area contributed by atoms with Crippen molar-refractivity contribution in [1.29, 1.82) is 0 Å². The number of amides is 1. The van der Waals surface area contributed by atoms with E-state index in [0.29, 0.717) is 25.7 Å². The Morgan fingerprint density at radius 3 is 2.38 bits per heavy atom. The molecule has 1 aliphatic rings. The van der Waals surface area contributed by atoms with Crippen LogP contribution in [-0.4, -0.2) is 25.7 Å². The summed E-state index contributed by atoms with van der Waals surface area (Å²) in [5.41, 5.74) is 8.52. The molecule has 4 heteroatoms. The first kappa shape index (κ1) is 16.0. The normalized spacial score (nSPS) is 17.7. The molecule has 1 amide bonds. The van der Waals surface area contributed by atoms with Crippen molar-refractivity contribution in [2.24, 2.45) is 11.7 Å². The molecular formula is C17H26N2O2. The first-order chi connectivity index (χ1) is 10.1. The van der Waals surface area contributed by atoms with Crippen molar-refractivity contribution in [2.45, 2.75) is 38.6 Å². The SMILES string of the molecule is CC(C)c1ccc(C(N)CNC(=O)C2CCOCC2)cc1. The highest BCUT2D eigenvalue weighted by molar-refractivity contribution is 5.78. The van der Waals surface area contributed by atoms with Gasteiger partial charge in [0.25, 0.3) is 0 Å². The molecule has 116 valence electrons. The Morgan fingerprint density at radius 2 is 1.81 bits per heavy atom. The quantitative estimate of drug-likeness (QED) is 0.875. The average molecular weight is 290 g/mol. The van der Waals surface area contributed by atoms with Crippen LogP contribution < -0.4 is 11.1 Å². The molecule has 3 N–H and O–H groups in total. The number of rotatable bonds is 5. The summed E-state index contributed by atoms with van der Waals surface area (Å²) < 4.78 is 5.27. The van der Waals surface area contributed by atoms with Crippen LogP contribution in [0.2, 0.25) is 0 Å². The van der Waals surface area contributed by atoms with Gasteiger partial charge in [-0.2, -0.15) is 0 Å². The highest BCUT2D eigenvalue weighted by atomic mass is 16.5. The summed E-state index contributed by atoms with van der Waals surface area (Å²) in [5.74, 6) is 0.699. The van der Waals surface area contributed by atoms with Gasteiger partial charge in [0.05, 0.1) is 0 Å². The molecule has 21 heavy (non-hydrogen) atoms. The Morgan fingerprint density at radius 1 is 1.24 bits per heavy atom. The van der Waals surface area contributed by atoms with Gasteiger partial charge in [0, 0.05) is 31.7 Å². The van der Waals surface area contributed by atoms with E-state index in [2.05, 4.69) is 43.4 Å². The molecule has 0 aromatic heterocycles. The molecule has 0 saturated carbocycles. The smallest absolute Gasteiger partial charge is 0.223 e. The standard InChI is InChI=1S/C17H26N2O2/c1-12(2)13-3-5-14(6-4-13)16(18)11-19-17(20)15-7-9-21-10-8-15/h3-6,12,15-16H,7-11,18H2,1-2H3,(H,19,20). The molecule has 1 aromatic rings. The minimum Gasteiger partial charge on any atom is -0.381 e. The zero-order valence-corrected chi connectivity index (χ0v) is 13.0. The third-order valence-corrected chi connectivity index (χ3v) is 4.12. The molecule has 0 spiro atoms. The van der Waals surface area contributed by atoms with Gasteiger partial charge in [0.15, 0.2) is 0 Å². The van der Waals surface area contributed by atoms with Gasteiger partial charge >= 0.3 is 0 Å². The number of nitrogens with one attached hydrogen (secondary N) is 1. The molecule has 1 aliphatic heterocycles. The second kappa shape index (κ2) is 7.57. The Balaban J connectivity index is 1.83. The summed E-state index contributed by atoms with van der Waals surface area (Å²) in [6.07, 6.45) is 1.62. The van der Waals surface area contributed by atoms with E-state index < -0.39 is 0 Å². The summed E-state index contributed by atoms with van der Waals surface area (Å²) in [5, 5.41) is 2.97. The Hall–Kier alpha value is -1.39. The van der Waals surface area contributed by atoms with Crippen molar-refractivity contribution in [2.75, 3.05) is 19.8 Å². The lowest BCUT2D eigenvalue weighted by molar-refractivity contribution is -0.127. The number of hydrogen-bond donors (Lipinski definition) is 2. The fourth-order valence-electron chi connectivity index (χ4n) is 2.56. The van der Waals surface area contributed by atoms with Gasteiger partial charge in [0.1, 0.15) is 0 Å². The maximum atomic E-state index is 12.1. The minimum atomic E-state index is -0.157. The van der Waals surface area contributed by atoms with Crippen LogP contribution in [0.1, 0.15) is 49.8 Å². The number of carbonyl (C=O) groups is 1. The summed E-state index contributed by atoms with van der Waals surface area (Å²) in [6, 6.07) is 8.18. The molecular weight excluding hydrogens is 264 g/mol. The monoisotopic (exact) mass is 290 g/mol. The summed E-state index contributed by atoms with van der Waals surface area (Å²) in [4.78, 5) is 12.1. The molecule has 0 bridgehead atoms. The third kappa shape index (κ3) is 4.55. The van der Waals surface area contributed by atoms with Gasteiger partial charge in [0.2, 0.25) is 5.91 Å². The maximum Gasteiger partial charge on any atom is 0.223 e. The molecule has 0 radical (unpaired) electrons. The molecule has 1 unspecified atom stereocenters. The second-order valence-corrected chi connectivity index (χ2v) is 6.06. The van der Waals surface area contributed by atoms with Crippen LogP contribution >= 0.6 is 0 Å². The van der Waals surface area contributed by atoms with Crippen molar-refractivity contribution >= 4 is 5.91 Å². The van der Waals surface area contributed by atoms with Gasteiger partial charge in [-0.15, -0.1) is 0 Å². The van der Waals surface area contributed by atoms with E-state index in [1.165, 1.54) is 5.56 Å². The first-order valence-electron chi connectivity index (χ1n) is 7.79. The van der Waals surface area contributed by atoms with Gasteiger partial charge in [-0.25, -0.2) is 0 Å². The van der Waals surface area contributed by atoms with Crippen molar-refractivity contribution in [3.63, 3.8) is 0 Å². The third-order valence-electron chi connectivity index (χ3n) is 4.12. The van der Waals surface area contributed by atoms with Crippen LogP contribution in [0.5, 0.6) is 0 Å². The van der Waals surface area contributed by atoms with Gasteiger partial charge in [-0.1, -0.05) is 38.1 Å². The first-order valence-corrected chi connectivity index (χ1v) is 7.79. The van der Waals surface area contributed by atoms with E-state index in [-0.39, 0.29) is 17.9 Å². The lowest BCUT2D eigenvalue weighted by Crippen LogP contribution is -2.38. The fourth-order valence-corrected chi connectivity index (χ4v) is 2.56. The Kier molecular flexibility index (Phi) is 5.76. The van der Waals surface area contributed by atoms with Crippen LogP contribution in [0.4, 0.5) is 0 Å². The highest BCUT2D eigenvalue weighted by Crippen LogP contribution is 2.18. The molecule has 1 fully saturated rings. The number of nitrogens with two attached hydrogens (primary N) is 1. The van der Waals surface area contributed by atoms with Crippen LogP contribution in [0.3, 0.4) is 0 Å². The van der Waals surface area contributed by atoms with E-state index in [1.54, 1.807) is 0 Å². The topological polar surface area (TPSA) is 64.3 Å². The lowest BCUT2D eigenvalue weighted by Gasteiger charge is -2.22. The zero-order valence-electron chi connectivity index (χ0n) is 13.0. The molecule has 1 saturated heterocycles. The van der Waals surface area contributed by atoms with Crippen molar-refractivity contribution in [3.8, 4) is 0 Å². The second-order valence-electron chi connectivity index (χ2n) is 6.06. The van der Waals surface area contributed by atoms with Crippen molar-refractivity contribution < 1.29 is 9.53 Å². The van der Waals surface area contributed by atoms with Gasteiger partial charge in [-0.05, 0) is 29.9 Å². The van der Waals surface area contributed by atoms with E-state index in [0.717, 1.165) is 18.4 Å². The van der Waals surface area contributed by atoms with E-state index in [1.807, 2.05) is 0 Å². The molecule has 1 heterocycles. The summed E-state index contributed by atoms with van der Waals surface area (Å²) in [7, 11) is 0. The average Bonchev–Trinajstić information content (AvgIpc) is 2.53. The highest BCUT2D eigenvalue weighted by Gasteiger charge is 2.21. The molecule has 1 atom stereocenters.